The van der Waals surface area contributed by atoms with Crippen LogP contribution >= 0.6 is 0 Å². The van der Waals surface area contributed by atoms with E-state index < -0.39 is 0 Å². The fraction of sp³-hybridized carbons (Fsp3) is 0.455. The smallest absolute Gasteiger partial charge is 0.145 e. The Bertz CT molecular complexity index is 335. The highest BCUT2D eigenvalue weighted by Gasteiger charge is 2.15. The van der Waals surface area contributed by atoms with Crippen molar-refractivity contribution in [2.45, 2.75) is 0 Å². The third-order valence-corrected chi connectivity index (χ3v) is 2.52. The van der Waals surface area contributed by atoms with Crippen LogP contribution in [0.4, 0.5) is 5.69 Å². The Kier molecular flexibility index (Phi) is 2.97. The maximum Gasteiger partial charge on any atom is 0.145 e. The summed E-state index contributed by atoms with van der Waals surface area (Å²) in [5, 5.41) is 9.34. The summed E-state index contributed by atoms with van der Waals surface area (Å²) >= 11 is 0. The van der Waals surface area contributed by atoms with Crippen LogP contribution < -0.4 is 9.64 Å². The topological polar surface area (TPSA) is 41.9 Å². The number of anilines is 1. The van der Waals surface area contributed by atoms with Gasteiger partial charge in [-0.15, -0.1) is 0 Å². The predicted octanol–water partition coefficient (Wildman–Crippen LogP) is 1.24. The molecule has 15 heavy (non-hydrogen) atoms. The Morgan fingerprint density at radius 1 is 1.33 bits per heavy atom. The van der Waals surface area contributed by atoms with Crippen molar-refractivity contribution in [1.29, 1.82) is 0 Å². The molecule has 0 aromatic heterocycles. The third kappa shape index (κ3) is 2.15. The van der Waals surface area contributed by atoms with Gasteiger partial charge in [0.25, 0.3) is 0 Å². The maximum atomic E-state index is 9.34. The lowest BCUT2D eigenvalue weighted by Gasteiger charge is -2.29. The number of rotatable bonds is 2. The molecule has 1 aliphatic rings. The minimum atomic E-state index is 0.226. The molecule has 1 heterocycles. The lowest BCUT2D eigenvalue weighted by molar-refractivity contribution is 0.122. The monoisotopic (exact) mass is 209 g/mol. The van der Waals surface area contributed by atoms with Gasteiger partial charge in [0, 0.05) is 19.2 Å². The van der Waals surface area contributed by atoms with Crippen molar-refractivity contribution in [3.63, 3.8) is 0 Å². The van der Waals surface area contributed by atoms with E-state index in [4.69, 9.17) is 9.47 Å². The van der Waals surface area contributed by atoms with Gasteiger partial charge in [-0.2, -0.15) is 0 Å². The summed E-state index contributed by atoms with van der Waals surface area (Å²) in [6.45, 7) is 3.20. The number of ether oxygens (including phenoxy) is 2. The average Bonchev–Trinajstić information content (AvgIpc) is 2.30. The van der Waals surface area contributed by atoms with Crippen molar-refractivity contribution < 1.29 is 14.6 Å². The van der Waals surface area contributed by atoms with Crippen LogP contribution in [0.15, 0.2) is 18.2 Å². The molecule has 1 aromatic carbocycles. The normalized spacial score (nSPS) is 16.5. The second-order valence-corrected chi connectivity index (χ2v) is 3.46. The summed E-state index contributed by atoms with van der Waals surface area (Å²) in [4.78, 5) is 2.20. The number of methoxy groups -OCH3 is 1. The fourth-order valence-electron chi connectivity index (χ4n) is 1.73. The molecular formula is C11H15NO3. The molecule has 0 spiro atoms. The van der Waals surface area contributed by atoms with E-state index >= 15 is 0 Å². The third-order valence-electron chi connectivity index (χ3n) is 2.52. The van der Waals surface area contributed by atoms with Gasteiger partial charge >= 0.3 is 0 Å². The molecule has 0 aliphatic carbocycles. The van der Waals surface area contributed by atoms with Crippen molar-refractivity contribution in [2.24, 2.45) is 0 Å². The van der Waals surface area contributed by atoms with E-state index in [1.54, 1.807) is 19.2 Å². The first-order valence-electron chi connectivity index (χ1n) is 5.01. The summed E-state index contributed by atoms with van der Waals surface area (Å²) in [5.74, 6) is 0.931. The molecule has 0 amide bonds. The van der Waals surface area contributed by atoms with Crippen LogP contribution in [0.1, 0.15) is 0 Å². The van der Waals surface area contributed by atoms with Crippen molar-refractivity contribution in [1.82, 2.24) is 0 Å². The van der Waals surface area contributed by atoms with Crippen molar-refractivity contribution >= 4 is 5.69 Å². The minimum Gasteiger partial charge on any atom is -0.508 e. The molecule has 4 nitrogen and oxygen atoms in total. The maximum absolute atomic E-state index is 9.34. The van der Waals surface area contributed by atoms with Gasteiger partial charge in [-0.3, -0.25) is 0 Å². The molecule has 1 N–H and O–H groups in total. The van der Waals surface area contributed by atoms with Crippen LogP contribution in [-0.4, -0.2) is 38.5 Å². The number of hydrogen-bond donors (Lipinski definition) is 1. The van der Waals surface area contributed by atoms with Gasteiger partial charge in [0.2, 0.25) is 0 Å². The number of nitrogens with zero attached hydrogens (tertiary/aromatic N) is 1. The molecule has 1 saturated heterocycles. The second-order valence-electron chi connectivity index (χ2n) is 3.46. The SMILES string of the molecule is COc1cc(O)ccc1N1CCOCC1. The highest BCUT2D eigenvalue weighted by molar-refractivity contribution is 5.61. The van der Waals surface area contributed by atoms with Gasteiger partial charge in [-0.25, -0.2) is 0 Å². The zero-order valence-electron chi connectivity index (χ0n) is 8.77. The quantitative estimate of drug-likeness (QED) is 0.795. The molecule has 0 radical (unpaired) electrons. The molecular weight excluding hydrogens is 194 g/mol. The Balaban J connectivity index is 2.25. The number of benzene rings is 1. The Labute approximate surface area is 89.0 Å². The van der Waals surface area contributed by atoms with Gasteiger partial charge in [-0.1, -0.05) is 0 Å². The first-order valence-corrected chi connectivity index (χ1v) is 5.01. The number of phenolic OH excluding ortho intramolecular Hbond substituents is 1. The second kappa shape index (κ2) is 4.40. The Morgan fingerprint density at radius 3 is 2.73 bits per heavy atom. The van der Waals surface area contributed by atoms with Crippen LogP contribution in [0.3, 0.4) is 0 Å². The first kappa shape index (κ1) is 10.1. The summed E-state index contributed by atoms with van der Waals surface area (Å²) in [6.07, 6.45) is 0. The van der Waals surface area contributed by atoms with E-state index in [1.165, 1.54) is 0 Å². The van der Waals surface area contributed by atoms with Crippen molar-refractivity contribution in [3.05, 3.63) is 18.2 Å². The zero-order chi connectivity index (χ0) is 10.7. The summed E-state index contributed by atoms with van der Waals surface area (Å²) in [7, 11) is 1.61. The highest BCUT2D eigenvalue weighted by atomic mass is 16.5. The summed E-state index contributed by atoms with van der Waals surface area (Å²) < 4.78 is 10.5. The summed E-state index contributed by atoms with van der Waals surface area (Å²) in [5.41, 5.74) is 1.01. The van der Waals surface area contributed by atoms with Gasteiger partial charge < -0.3 is 19.5 Å². The molecule has 4 heteroatoms. The number of aromatic hydroxyl groups is 1. The van der Waals surface area contributed by atoms with E-state index in [-0.39, 0.29) is 5.75 Å². The van der Waals surface area contributed by atoms with E-state index in [1.807, 2.05) is 6.07 Å². The molecule has 0 saturated carbocycles. The molecule has 2 rings (SSSR count). The molecule has 1 aromatic rings. The van der Waals surface area contributed by atoms with Gasteiger partial charge in [0.15, 0.2) is 0 Å². The summed E-state index contributed by atoms with van der Waals surface area (Å²) in [6, 6.07) is 5.18. The van der Waals surface area contributed by atoms with E-state index in [2.05, 4.69) is 4.90 Å². The standard InChI is InChI=1S/C11H15NO3/c1-14-11-8-9(13)2-3-10(11)12-4-6-15-7-5-12/h2-3,8,13H,4-7H2,1H3. The van der Waals surface area contributed by atoms with Gasteiger partial charge in [0.1, 0.15) is 11.5 Å². The molecule has 0 bridgehead atoms. The number of phenols is 1. The lowest BCUT2D eigenvalue weighted by atomic mass is 10.2. The predicted molar refractivity (Wildman–Crippen MR) is 57.7 cm³/mol. The van der Waals surface area contributed by atoms with Crippen LogP contribution in [0.5, 0.6) is 11.5 Å². The molecule has 1 fully saturated rings. The number of hydrogen-bond acceptors (Lipinski definition) is 4. The van der Waals surface area contributed by atoms with E-state index in [0.717, 1.165) is 32.0 Å². The zero-order valence-corrected chi connectivity index (χ0v) is 8.77. The average molecular weight is 209 g/mol. The van der Waals surface area contributed by atoms with E-state index in [0.29, 0.717) is 5.75 Å². The fourth-order valence-corrected chi connectivity index (χ4v) is 1.73. The number of morpholine rings is 1. The Hall–Kier alpha value is -1.42. The van der Waals surface area contributed by atoms with Crippen LogP contribution in [0, 0.1) is 0 Å². The van der Waals surface area contributed by atoms with Gasteiger partial charge in [0.05, 0.1) is 26.0 Å². The molecule has 0 unspecified atom stereocenters. The van der Waals surface area contributed by atoms with Crippen molar-refractivity contribution in [3.8, 4) is 11.5 Å². The molecule has 82 valence electrons. The molecule has 0 atom stereocenters. The highest BCUT2D eigenvalue weighted by Crippen LogP contribution is 2.31. The lowest BCUT2D eigenvalue weighted by Crippen LogP contribution is -2.36. The molecule has 1 aliphatic heterocycles. The van der Waals surface area contributed by atoms with Crippen molar-refractivity contribution in [2.75, 3.05) is 38.3 Å². The van der Waals surface area contributed by atoms with Gasteiger partial charge in [-0.05, 0) is 12.1 Å². The Morgan fingerprint density at radius 2 is 2.07 bits per heavy atom. The minimum absolute atomic E-state index is 0.226. The van der Waals surface area contributed by atoms with E-state index in [9.17, 15) is 5.11 Å². The largest absolute Gasteiger partial charge is 0.508 e. The first-order chi connectivity index (χ1) is 7.31. The van der Waals surface area contributed by atoms with Crippen LogP contribution in [0.2, 0.25) is 0 Å². The van der Waals surface area contributed by atoms with Crippen LogP contribution in [-0.2, 0) is 4.74 Å². The van der Waals surface area contributed by atoms with Crippen LogP contribution in [0.25, 0.3) is 0 Å².